The Morgan fingerprint density at radius 2 is 1.94 bits per heavy atom. The number of ether oxygens (including phenoxy) is 1. The first-order valence-corrected chi connectivity index (χ1v) is 11.2. The van der Waals surface area contributed by atoms with Crippen LogP contribution in [0.4, 0.5) is 5.69 Å². The molecule has 1 N–H and O–H groups in total. The Labute approximate surface area is 201 Å². The average Bonchev–Trinajstić information content (AvgIpc) is 3.48. The number of anilines is 1. The van der Waals surface area contributed by atoms with Crippen molar-refractivity contribution in [2.24, 2.45) is 0 Å². The second kappa shape index (κ2) is 9.45. The van der Waals surface area contributed by atoms with Gasteiger partial charge >= 0.3 is 0 Å². The van der Waals surface area contributed by atoms with Gasteiger partial charge in [0.2, 0.25) is 0 Å². The summed E-state index contributed by atoms with van der Waals surface area (Å²) >= 11 is 5.98. The minimum atomic E-state index is -0.348. The summed E-state index contributed by atoms with van der Waals surface area (Å²) in [6.07, 6.45) is 3.43. The second-order valence-corrected chi connectivity index (χ2v) is 8.42. The van der Waals surface area contributed by atoms with Crippen molar-refractivity contribution in [2.75, 3.05) is 5.32 Å². The Bertz CT molecular complexity index is 1470. The van der Waals surface area contributed by atoms with E-state index in [1.807, 2.05) is 37.3 Å². The molecule has 0 atom stereocenters. The molecule has 0 radical (unpaired) electrons. The van der Waals surface area contributed by atoms with Crippen LogP contribution >= 0.6 is 11.6 Å². The minimum Gasteiger partial charge on any atom is -0.485 e. The van der Waals surface area contributed by atoms with Gasteiger partial charge in [0.1, 0.15) is 18.1 Å². The Morgan fingerprint density at radius 3 is 2.82 bits per heavy atom. The van der Waals surface area contributed by atoms with Gasteiger partial charge in [-0.1, -0.05) is 54.1 Å². The van der Waals surface area contributed by atoms with Crippen molar-refractivity contribution in [2.45, 2.75) is 20.1 Å². The van der Waals surface area contributed by atoms with E-state index in [0.717, 1.165) is 11.1 Å². The molecule has 1 amide bonds. The van der Waals surface area contributed by atoms with Crippen molar-refractivity contribution in [3.8, 4) is 5.75 Å². The summed E-state index contributed by atoms with van der Waals surface area (Å²) in [6.45, 7) is 2.73. The Kier molecular flexibility index (Phi) is 6.06. The number of nitrogens with zero attached hydrogens (tertiary/aromatic N) is 2. The van der Waals surface area contributed by atoms with Crippen molar-refractivity contribution in [3.05, 3.63) is 113 Å². The number of aryl methyl sites for hydroxylation is 1. The SMILES string of the molecule is Cc1cc(Cl)ccc1OCc1ccc(C(=O)Nc2cnn(Cc3cccc4ccccc34)c2)o1. The number of carbonyl (C=O) groups is 1. The molecule has 0 saturated heterocycles. The second-order valence-electron chi connectivity index (χ2n) is 7.98. The predicted molar refractivity (Wildman–Crippen MR) is 132 cm³/mol. The van der Waals surface area contributed by atoms with Crippen LogP contribution in [0.3, 0.4) is 0 Å². The summed E-state index contributed by atoms with van der Waals surface area (Å²) in [5.74, 6) is 1.11. The number of furan rings is 1. The van der Waals surface area contributed by atoms with Crippen molar-refractivity contribution >= 4 is 34.0 Å². The van der Waals surface area contributed by atoms with Crippen LogP contribution in [-0.4, -0.2) is 15.7 Å². The van der Waals surface area contributed by atoms with E-state index < -0.39 is 0 Å². The lowest BCUT2D eigenvalue weighted by Crippen LogP contribution is -2.10. The number of benzene rings is 3. The average molecular weight is 472 g/mol. The highest BCUT2D eigenvalue weighted by molar-refractivity contribution is 6.30. The zero-order chi connectivity index (χ0) is 23.5. The van der Waals surface area contributed by atoms with Crippen LogP contribution in [-0.2, 0) is 13.2 Å². The lowest BCUT2D eigenvalue weighted by Gasteiger charge is -2.07. The molecule has 3 aromatic carbocycles. The highest BCUT2D eigenvalue weighted by atomic mass is 35.5. The van der Waals surface area contributed by atoms with Gasteiger partial charge in [-0.25, -0.2) is 0 Å². The van der Waals surface area contributed by atoms with E-state index in [1.165, 1.54) is 10.8 Å². The molecule has 0 aliphatic carbocycles. The lowest BCUT2D eigenvalue weighted by atomic mass is 10.0. The molecule has 5 rings (SSSR count). The third-order valence-electron chi connectivity index (χ3n) is 5.50. The highest BCUT2D eigenvalue weighted by Crippen LogP contribution is 2.23. The normalized spacial score (nSPS) is 11.0. The summed E-state index contributed by atoms with van der Waals surface area (Å²) in [4.78, 5) is 12.6. The van der Waals surface area contributed by atoms with E-state index in [9.17, 15) is 4.79 Å². The maximum absolute atomic E-state index is 12.6. The predicted octanol–water partition coefficient (Wildman–Crippen LogP) is 6.47. The van der Waals surface area contributed by atoms with Gasteiger partial charge < -0.3 is 14.5 Å². The van der Waals surface area contributed by atoms with Gasteiger partial charge in [0, 0.05) is 11.2 Å². The molecule has 0 spiro atoms. The molecule has 2 aromatic heterocycles. The summed E-state index contributed by atoms with van der Waals surface area (Å²) < 4.78 is 13.2. The molecule has 170 valence electrons. The van der Waals surface area contributed by atoms with Gasteiger partial charge in [0.05, 0.1) is 18.4 Å². The molecule has 5 aromatic rings. The number of rotatable bonds is 7. The van der Waals surface area contributed by atoms with E-state index >= 15 is 0 Å². The first-order valence-electron chi connectivity index (χ1n) is 10.8. The summed E-state index contributed by atoms with van der Waals surface area (Å²) in [5.41, 5.74) is 2.68. The lowest BCUT2D eigenvalue weighted by molar-refractivity contribution is 0.0992. The molecule has 6 nitrogen and oxygen atoms in total. The Morgan fingerprint density at radius 1 is 1.09 bits per heavy atom. The number of aromatic nitrogens is 2. The van der Waals surface area contributed by atoms with Crippen LogP contribution in [0.25, 0.3) is 10.8 Å². The van der Waals surface area contributed by atoms with Crippen molar-refractivity contribution in [3.63, 3.8) is 0 Å². The van der Waals surface area contributed by atoms with Crippen molar-refractivity contribution in [1.29, 1.82) is 0 Å². The van der Waals surface area contributed by atoms with E-state index in [4.69, 9.17) is 20.8 Å². The smallest absolute Gasteiger partial charge is 0.291 e. The van der Waals surface area contributed by atoms with E-state index in [0.29, 0.717) is 28.8 Å². The minimum absolute atomic E-state index is 0.202. The van der Waals surface area contributed by atoms with Crippen LogP contribution in [0.2, 0.25) is 5.02 Å². The van der Waals surface area contributed by atoms with Gasteiger partial charge in [0.15, 0.2) is 5.76 Å². The number of carbonyl (C=O) groups excluding carboxylic acids is 1. The summed E-state index contributed by atoms with van der Waals surface area (Å²) in [6, 6.07) is 23.2. The first-order chi connectivity index (χ1) is 16.5. The topological polar surface area (TPSA) is 69.3 Å². The molecule has 0 bridgehead atoms. The quantitative estimate of drug-likeness (QED) is 0.295. The van der Waals surface area contributed by atoms with Crippen molar-refractivity contribution in [1.82, 2.24) is 9.78 Å². The maximum Gasteiger partial charge on any atom is 0.291 e. The zero-order valence-electron chi connectivity index (χ0n) is 18.5. The number of hydrogen-bond acceptors (Lipinski definition) is 4. The molecular weight excluding hydrogens is 450 g/mol. The Balaban J connectivity index is 1.21. The Hall–Kier alpha value is -4.03. The van der Waals surface area contributed by atoms with Gasteiger partial charge in [-0.2, -0.15) is 5.10 Å². The number of nitrogens with one attached hydrogen (secondary N) is 1. The van der Waals surface area contributed by atoms with Gasteiger partial charge in [-0.05, 0) is 59.2 Å². The van der Waals surface area contributed by atoms with Crippen LogP contribution in [0.15, 0.2) is 89.6 Å². The van der Waals surface area contributed by atoms with Gasteiger partial charge in [0.25, 0.3) is 5.91 Å². The molecule has 0 aliphatic heterocycles. The standard InChI is InChI=1S/C27H22ClN3O3/c1-18-13-21(28)9-11-25(18)33-17-23-10-12-26(34-23)27(32)30-22-14-29-31(16-22)15-20-7-4-6-19-5-2-3-8-24(19)20/h2-14,16H,15,17H2,1H3,(H,30,32). The molecule has 0 saturated carbocycles. The molecule has 34 heavy (non-hydrogen) atoms. The van der Waals surface area contributed by atoms with Crippen LogP contribution < -0.4 is 10.1 Å². The molecule has 7 heteroatoms. The van der Waals surface area contributed by atoms with Crippen LogP contribution in [0.5, 0.6) is 5.75 Å². The number of halogens is 1. The van der Waals surface area contributed by atoms with Crippen LogP contribution in [0, 0.1) is 6.92 Å². The largest absolute Gasteiger partial charge is 0.485 e. The highest BCUT2D eigenvalue weighted by Gasteiger charge is 2.14. The molecule has 0 aliphatic rings. The molecule has 0 unspecified atom stereocenters. The van der Waals surface area contributed by atoms with Crippen molar-refractivity contribution < 1.29 is 13.9 Å². The van der Waals surface area contributed by atoms with Gasteiger partial charge in [-0.15, -0.1) is 0 Å². The number of fused-ring (bicyclic) bond motifs is 1. The molecular formula is C27H22ClN3O3. The first kappa shape index (κ1) is 21.8. The third-order valence-corrected chi connectivity index (χ3v) is 5.73. The zero-order valence-corrected chi connectivity index (χ0v) is 19.3. The fraction of sp³-hybridized carbons (Fsp3) is 0.111. The fourth-order valence-electron chi connectivity index (χ4n) is 3.81. The number of amides is 1. The number of hydrogen-bond donors (Lipinski definition) is 1. The monoisotopic (exact) mass is 471 g/mol. The van der Waals surface area contributed by atoms with E-state index in [1.54, 1.807) is 35.3 Å². The van der Waals surface area contributed by atoms with Gasteiger partial charge in [-0.3, -0.25) is 9.48 Å². The van der Waals surface area contributed by atoms with E-state index in [2.05, 4.69) is 34.7 Å². The maximum atomic E-state index is 12.6. The molecule has 2 heterocycles. The third kappa shape index (κ3) is 4.82. The molecule has 0 fully saturated rings. The summed E-state index contributed by atoms with van der Waals surface area (Å²) in [7, 11) is 0. The van der Waals surface area contributed by atoms with Crippen LogP contribution in [0.1, 0.15) is 27.4 Å². The van der Waals surface area contributed by atoms with E-state index in [-0.39, 0.29) is 18.3 Å². The fourth-order valence-corrected chi connectivity index (χ4v) is 4.04. The summed E-state index contributed by atoms with van der Waals surface area (Å²) in [5, 5.41) is 10.2.